The van der Waals surface area contributed by atoms with E-state index in [-0.39, 0.29) is 10.8 Å². The van der Waals surface area contributed by atoms with Crippen LogP contribution >= 0.6 is 0 Å². The van der Waals surface area contributed by atoms with Crippen molar-refractivity contribution in [3.63, 3.8) is 0 Å². The predicted octanol–water partition coefficient (Wildman–Crippen LogP) is 3.94. The molecule has 0 radical (unpaired) electrons. The van der Waals surface area contributed by atoms with Crippen molar-refractivity contribution in [1.82, 2.24) is 5.32 Å². The zero-order chi connectivity index (χ0) is 15.6. The standard InChI is InChI=1S/C18H32N2/c1-17(2,3)15-10-9-14(20(8)12-11-19-7)13-16(15)18(4,5)6/h9-10,13,19H,11-12H2,1-8H3. The van der Waals surface area contributed by atoms with Gasteiger partial charge in [-0.1, -0.05) is 47.6 Å². The molecule has 0 bridgehead atoms. The molecule has 0 saturated carbocycles. The molecule has 0 spiro atoms. The maximum Gasteiger partial charge on any atom is 0.0367 e. The zero-order valence-electron chi connectivity index (χ0n) is 14.6. The fourth-order valence-electron chi connectivity index (χ4n) is 2.45. The maximum absolute atomic E-state index is 3.21. The third kappa shape index (κ3) is 4.24. The van der Waals surface area contributed by atoms with Gasteiger partial charge < -0.3 is 10.2 Å². The largest absolute Gasteiger partial charge is 0.373 e. The minimum absolute atomic E-state index is 0.169. The van der Waals surface area contributed by atoms with Gasteiger partial charge in [-0.2, -0.15) is 0 Å². The summed E-state index contributed by atoms with van der Waals surface area (Å²) in [5, 5.41) is 3.21. The van der Waals surface area contributed by atoms with Gasteiger partial charge in [-0.3, -0.25) is 0 Å². The first-order valence-corrected chi connectivity index (χ1v) is 7.58. The smallest absolute Gasteiger partial charge is 0.0367 e. The highest BCUT2D eigenvalue weighted by Gasteiger charge is 2.25. The van der Waals surface area contributed by atoms with E-state index in [4.69, 9.17) is 0 Å². The number of nitrogens with zero attached hydrogens (tertiary/aromatic N) is 1. The lowest BCUT2D eigenvalue weighted by Crippen LogP contribution is -2.28. The number of likely N-dealkylation sites (N-methyl/N-ethyl adjacent to an activating group) is 2. The Balaban J connectivity index is 3.22. The van der Waals surface area contributed by atoms with Gasteiger partial charge in [0, 0.05) is 25.8 Å². The van der Waals surface area contributed by atoms with Crippen molar-refractivity contribution in [2.45, 2.75) is 52.4 Å². The first-order valence-electron chi connectivity index (χ1n) is 7.58. The van der Waals surface area contributed by atoms with Crippen molar-refractivity contribution in [3.05, 3.63) is 29.3 Å². The molecule has 0 atom stereocenters. The number of hydrogen-bond donors (Lipinski definition) is 1. The van der Waals surface area contributed by atoms with Crippen LogP contribution in [0.2, 0.25) is 0 Å². The summed E-state index contributed by atoms with van der Waals surface area (Å²) in [6.45, 7) is 15.8. The van der Waals surface area contributed by atoms with Crippen LogP contribution in [0, 0.1) is 0 Å². The van der Waals surface area contributed by atoms with Crippen molar-refractivity contribution in [3.8, 4) is 0 Å². The minimum atomic E-state index is 0.169. The Morgan fingerprint density at radius 1 is 0.950 bits per heavy atom. The molecule has 2 nitrogen and oxygen atoms in total. The van der Waals surface area contributed by atoms with Crippen LogP contribution in [0.15, 0.2) is 18.2 Å². The van der Waals surface area contributed by atoms with Crippen LogP contribution in [0.5, 0.6) is 0 Å². The molecule has 1 aromatic rings. The van der Waals surface area contributed by atoms with Gasteiger partial charge in [0.1, 0.15) is 0 Å². The zero-order valence-corrected chi connectivity index (χ0v) is 14.6. The molecule has 114 valence electrons. The topological polar surface area (TPSA) is 15.3 Å². The lowest BCUT2D eigenvalue weighted by atomic mass is 9.75. The van der Waals surface area contributed by atoms with E-state index in [9.17, 15) is 0 Å². The highest BCUT2D eigenvalue weighted by atomic mass is 15.1. The molecule has 1 rings (SSSR count). The molecule has 1 N–H and O–H groups in total. The van der Waals surface area contributed by atoms with Gasteiger partial charge in [0.2, 0.25) is 0 Å². The highest BCUT2D eigenvalue weighted by Crippen LogP contribution is 2.36. The molecule has 20 heavy (non-hydrogen) atoms. The van der Waals surface area contributed by atoms with Crippen molar-refractivity contribution in [1.29, 1.82) is 0 Å². The van der Waals surface area contributed by atoms with Crippen LogP contribution in [0.25, 0.3) is 0 Å². The van der Waals surface area contributed by atoms with E-state index >= 15 is 0 Å². The van der Waals surface area contributed by atoms with Crippen LogP contribution in [-0.4, -0.2) is 27.2 Å². The van der Waals surface area contributed by atoms with Crippen molar-refractivity contribution >= 4 is 5.69 Å². The van der Waals surface area contributed by atoms with E-state index in [1.807, 2.05) is 7.05 Å². The van der Waals surface area contributed by atoms with Gasteiger partial charge in [0.05, 0.1) is 0 Å². The summed E-state index contributed by atoms with van der Waals surface area (Å²) in [5.41, 5.74) is 4.57. The molecule has 0 aliphatic carbocycles. The summed E-state index contributed by atoms with van der Waals surface area (Å²) in [5.74, 6) is 0. The Morgan fingerprint density at radius 3 is 1.95 bits per heavy atom. The van der Waals surface area contributed by atoms with E-state index in [1.54, 1.807) is 0 Å². The summed E-state index contributed by atoms with van der Waals surface area (Å²) in [6.07, 6.45) is 0. The maximum atomic E-state index is 3.21. The second-order valence-electron chi connectivity index (χ2n) is 7.75. The second kappa shape index (κ2) is 6.17. The van der Waals surface area contributed by atoms with E-state index in [1.165, 1.54) is 16.8 Å². The van der Waals surface area contributed by atoms with Gasteiger partial charge in [0.15, 0.2) is 0 Å². The molecule has 0 heterocycles. The monoisotopic (exact) mass is 276 g/mol. The third-order valence-corrected chi connectivity index (χ3v) is 3.76. The average molecular weight is 276 g/mol. The molecular formula is C18H32N2. The van der Waals surface area contributed by atoms with Gasteiger partial charge >= 0.3 is 0 Å². The van der Waals surface area contributed by atoms with Crippen LogP contribution in [-0.2, 0) is 10.8 Å². The Labute approximate surface area is 125 Å². The van der Waals surface area contributed by atoms with Crippen LogP contribution in [0.4, 0.5) is 5.69 Å². The second-order valence-corrected chi connectivity index (χ2v) is 7.75. The van der Waals surface area contributed by atoms with Crippen LogP contribution < -0.4 is 10.2 Å². The summed E-state index contributed by atoms with van der Waals surface area (Å²) in [7, 11) is 4.16. The first kappa shape index (κ1) is 17.0. The minimum Gasteiger partial charge on any atom is -0.373 e. The molecule has 2 heteroatoms. The van der Waals surface area contributed by atoms with Gasteiger partial charge in [-0.25, -0.2) is 0 Å². The molecule has 0 aliphatic rings. The normalized spacial score (nSPS) is 12.6. The molecule has 0 saturated heterocycles. The van der Waals surface area contributed by atoms with E-state index in [0.717, 1.165) is 13.1 Å². The van der Waals surface area contributed by atoms with E-state index in [0.29, 0.717) is 0 Å². The Kier molecular flexibility index (Phi) is 5.26. The van der Waals surface area contributed by atoms with Crippen LogP contribution in [0.1, 0.15) is 52.7 Å². The molecule has 0 amide bonds. The van der Waals surface area contributed by atoms with Crippen molar-refractivity contribution in [2.75, 3.05) is 32.1 Å². The van der Waals surface area contributed by atoms with Gasteiger partial charge in [0.25, 0.3) is 0 Å². The summed E-state index contributed by atoms with van der Waals surface area (Å²) < 4.78 is 0. The quantitative estimate of drug-likeness (QED) is 0.896. The lowest BCUT2D eigenvalue weighted by Gasteiger charge is -2.32. The number of hydrogen-bond acceptors (Lipinski definition) is 2. The lowest BCUT2D eigenvalue weighted by molar-refractivity contribution is 0.530. The fourth-order valence-corrected chi connectivity index (χ4v) is 2.45. The molecule has 0 aliphatic heterocycles. The summed E-state index contributed by atoms with van der Waals surface area (Å²) >= 11 is 0. The Bertz CT molecular complexity index is 436. The Hall–Kier alpha value is -1.02. The SMILES string of the molecule is CNCCN(C)c1ccc(C(C)(C)C)c(C(C)(C)C)c1. The first-order chi connectivity index (χ1) is 9.07. The summed E-state index contributed by atoms with van der Waals surface area (Å²) in [6, 6.07) is 6.94. The number of nitrogens with one attached hydrogen (secondary N) is 1. The predicted molar refractivity (Wildman–Crippen MR) is 91.0 cm³/mol. The summed E-state index contributed by atoms with van der Waals surface area (Å²) in [4.78, 5) is 2.32. The Morgan fingerprint density at radius 2 is 1.50 bits per heavy atom. The molecule has 0 unspecified atom stereocenters. The third-order valence-electron chi connectivity index (χ3n) is 3.76. The van der Waals surface area contributed by atoms with Gasteiger partial charge in [-0.05, 0) is 41.1 Å². The average Bonchev–Trinajstić information content (AvgIpc) is 2.33. The molecular weight excluding hydrogens is 244 g/mol. The fraction of sp³-hybridized carbons (Fsp3) is 0.667. The van der Waals surface area contributed by atoms with Crippen LogP contribution in [0.3, 0.4) is 0 Å². The van der Waals surface area contributed by atoms with Crippen molar-refractivity contribution < 1.29 is 0 Å². The van der Waals surface area contributed by atoms with Crippen molar-refractivity contribution in [2.24, 2.45) is 0 Å². The number of benzene rings is 1. The highest BCUT2D eigenvalue weighted by molar-refractivity contribution is 5.53. The molecule has 0 fully saturated rings. The van der Waals surface area contributed by atoms with E-state index in [2.05, 4.69) is 77.0 Å². The number of anilines is 1. The molecule has 1 aromatic carbocycles. The number of rotatable bonds is 4. The van der Waals surface area contributed by atoms with E-state index < -0.39 is 0 Å². The molecule has 0 aromatic heterocycles. The van der Waals surface area contributed by atoms with Gasteiger partial charge in [-0.15, -0.1) is 0 Å².